The molecular weight excluding hydrogens is 392 g/mol. The average molecular weight is 412 g/mol. The molecule has 2 heterocycles. The van der Waals surface area contributed by atoms with Crippen LogP contribution in [0.2, 0.25) is 0 Å². The highest BCUT2D eigenvalue weighted by molar-refractivity contribution is 6.07. The highest BCUT2D eigenvalue weighted by atomic mass is 16.5. The van der Waals surface area contributed by atoms with Crippen molar-refractivity contribution in [2.75, 3.05) is 0 Å². The minimum absolute atomic E-state index is 0.0774. The molecule has 0 spiro atoms. The molecule has 154 valence electrons. The average Bonchev–Trinajstić information content (AvgIpc) is 3.38. The van der Waals surface area contributed by atoms with Crippen molar-refractivity contribution in [2.24, 2.45) is 0 Å². The van der Waals surface area contributed by atoms with Gasteiger partial charge < -0.3 is 9.84 Å². The lowest BCUT2D eigenvalue weighted by Gasteiger charge is -2.21. The SMILES string of the molecule is CC(c1ccc2ccccc2c1)c1nc(-c2cccc(C3(C)NC(=O)NC3=O)c2)no1. The van der Waals surface area contributed by atoms with Crippen LogP contribution < -0.4 is 10.6 Å². The summed E-state index contributed by atoms with van der Waals surface area (Å²) in [5.41, 5.74) is 1.29. The number of hydrogen-bond acceptors (Lipinski definition) is 5. The van der Waals surface area contributed by atoms with E-state index < -0.39 is 17.5 Å². The molecule has 7 nitrogen and oxygen atoms in total. The number of imide groups is 1. The second-order valence-corrected chi connectivity index (χ2v) is 7.90. The third-order valence-electron chi connectivity index (χ3n) is 5.83. The predicted molar refractivity (Wildman–Crippen MR) is 115 cm³/mol. The number of nitrogens with one attached hydrogen (secondary N) is 2. The van der Waals surface area contributed by atoms with Gasteiger partial charge in [0, 0.05) is 5.56 Å². The molecule has 7 heteroatoms. The Morgan fingerprint density at radius 3 is 2.55 bits per heavy atom. The smallest absolute Gasteiger partial charge is 0.322 e. The molecule has 3 aromatic carbocycles. The molecule has 5 rings (SSSR count). The molecular formula is C24H20N4O3. The van der Waals surface area contributed by atoms with Crippen LogP contribution in [0.4, 0.5) is 4.79 Å². The van der Waals surface area contributed by atoms with Gasteiger partial charge in [0.1, 0.15) is 5.54 Å². The van der Waals surface area contributed by atoms with E-state index in [2.05, 4.69) is 51.1 Å². The van der Waals surface area contributed by atoms with E-state index in [1.807, 2.05) is 25.1 Å². The number of rotatable bonds is 4. The summed E-state index contributed by atoms with van der Waals surface area (Å²) in [7, 11) is 0. The lowest BCUT2D eigenvalue weighted by atomic mass is 9.91. The standard InChI is InChI=1S/C24H20N4O3/c1-14(16-11-10-15-6-3-4-7-17(15)12-16)21-25-20(28-31-21)18-8-5-9-19(13-18)24(2)22(29)26-23(30)27-24/h3-14H,1-2H3,(H2,26,27,29,30). The first-order valence-corrected chi connectivity index (χ1v) is 10.0. The molecule has 2 atom stereocenters. The topological polar surface area (TPSA) is 97.1 Å². The minimum Gasteiger partial charge on any atom is -0.338 e. The zero-order valence-electron chi connectivity index (χ0n) is 17.0. The fourth-order valence-corrected chi connectivity index (χ4v) is 3.86. The summed E-state index contributed by atoms with van der Waals surface area (Å²) >= 11 is 0. The highest BCUT2D eigenvalue weighted by Gasteiger charge is 2.43. The Bertz CT molecular complexity index is 1330. The fourth-order valence-electron chi connectivity index (χ4n) is 3.86. The van der Waals surface area contributed by atoms with Gasteiger partial charge in [0.15, 0.2) is 0 Å². The highest BCUT2D eigenvalue weighted by Crippen LogP contribution is 2.30. The number of carbonyl (C=O) groups excluding carboxylic acids is 2. The zero-order chi connectivity index (χ0) is 21.6. The van der Waals surface area contributed by atoms with Crippen LogP contribution in [-0.2, 0) is 10.3 Å². The second kappa shape index (κ2) is 7.05. The molecule has 0 saturated carbocycles. The number of fused-ring (bicyclic) bond motifs is 1. The largest absolute Gasteiger partial charge is 0.338 e. The third kappa shape index (κ3) is 3.24. The minimum atomic E-state index is -1.14. The number of amides is 3. The first-order valence-electron chi connectivity index (χ1n) is 10.0. The Hall–Kier alpha value is -4.00. The van der Waals surface area contributed by atoms with Crippen LogP contribution in [0.1, 0.15) is 36.8 Å². The van der Waals surface area contributed by atoms with E-state index in [0.29, 0.717) is 22.8 Å². The Morgan fingerprint density at radius 1 is 0.968 bits per heavy atom. The van der Waals surface area contributed by atoms with E-state index in [1.54, 1.807) is 25.1 Å². The molecule has 1 saturated heterocycles. The maximum absolute atomic E-state index is 12.3. The second-order valence-electron chi connectivity index (χ2n) is 7.90. The van der Waals surface area contributed by atoms with Crippen molar-refractivity contribution < 1.29 is 14.1 Å². The van der Waals surface area contributed by atoms with E-state index in [9.17, 15) is 9.59 Å². The van der Waals surface area contributed by atoms with Crippen LogP contribution in [0.15, 0.2) is 71.3 Å². The number of urea groups is 1. The number of aromatic nitrogens is 2. The maximum atomic E-state index is 12.3. The van der Waals surface area contributed by atoms with Crippen molar-refractivity contribution in [3.63, 3.8) is 0 Å². The monoisotopic (exact) mass is 412 g/mol. The quantitative estimate of drug-likeness (QED) is 0.492. The predicted octanol–water partition coefficient (Wildman–Crippen LogP) is 4.10. The molecule has 0 aliphatic carbocycles. The molecule has 4 aromatic rings. The molecule has 1 aromatic heterocycles. The summed E-state index contributed by atoms with van der Waals surface area (Å²) in [6.45, 7) is 3.69. The van der Waals surface area contributed by atoms with Gasteiger partial charge in [-0.1, -0.05) is 65.8 Å². The van der Waals surface area contributed by atoms with E-state index >= 15 is 0 Å². The molecule has 1 aliphatic rings. The zero-order valence-corrected chi connectivity index (χ0v) is 17.0. The van der Waals surface area contributed by atoms with Crippen LogP contribution in [0.5, 0.6) is 0 Å². The first-order chi connectivity index (χ1) is 14.9. The first kappa shape index (κ1) is 19.0. The molecule has 1 aliphatic heterocycles. The maximum Gasteiger partial charge on any atom is 0.322 e. The molecule has 31 heavy (non-hydrogen) atoms. The van der Waals surface area contributed by atoms with E-state index in [4.69, 9.17) is 4.52 Å². The molecule has 2 N–H and O–H groups in total. The van der Waals surface area contributed by atoms with Crippen molar-refractivity contribution in [2.45, 2.75) is 25.3 Å². The van der Waals surface area contributed by atoms with Crippen molar-refractivity contribution in [1.29, 1.82) is 0 Å². The van der Waals surface area contributed by atoms with E-state index in [0.717, 1.165) is 10.9 Å². The van der Waals surface area contributed by atoms with Gasteiger partial charge in [-0.25, -0.2) is 4.79 Å². The molecule has 0 radical (unpaired) electrons. The van der Waals surface area contributed by atoms with Crippen molar-refractivity contribution in [3.05, 3.63) is 83.7 Å². The summed E-state index contributed by atoms with van der Waals surface area (Å²) in [6, 6.07) is 21.2. The van der Waals surface area contributed by atoms with Crippen LogP contribution >= 0.6 is 0 Å². The van der Waals surface area contributed by atoms with Gasteiger partial charge in [-0.05, 0) is 41.8 Å². The lowest BCUT2D eigenvalue weighted by Crippen LogP contribution is -2.40. The number of benzene rings is 3. The number of nitrogens with zero attached hydrogens (tertiary/aromatic N) is 2. The van der Waals surface area contributed by atoms with Crippen molar-refractivity contribution >= 4 is 22.7 Å². The summed E-state index contributed by atoms with van der Waals surface area (Å²) in [5.74, 6) is 0.464. The normalized spacial score (nSPS) is 19.3. The van der Waals surface area contributed by atoms with Gasteiger partial charge in [0.05, 0.1) is 5.92 Å². The molecule has 1 fully saturated rings. The molecule has 0 bridgehead atoms. The molecule has 2 unspecified atom stereocenters. The third-order valence-corrected chi connectivity index (χ3v) is 5.83. The van der Waals surface area contributed by atoms with Gasteiger partial charge in [-0.2, -0.15) is 4.98 Å². The summed E-state index contributed by atoms with van der Waals surface area (Å²) in [5, 5.41) is 11.4. The van der Waals surface area contributed by atoms with Crippen LogP contribution in [0.25, 0.3) is 22.2 Å². The van der Waals surface area contributed by atoms with Crippen molar-refractivity contribution in [1.82, 2.24) is 20.8 Å². The number of hydrogen-bond donors (Lipinski definition) is 2. The Balaban J connectivity index is 1.45. The van der Waals surface area contributed by atoms with Gasteiger partial charge in [0.25, 0.3) is 5.91 Å². The Kier molecular flexibility index (Phi) is 4.32. The van der Waals surface area contributed by atoms with Gasteiger partial charge >= 0.3 is 6.03 Å². The van der Waals surface area contributed by atoms with Gasteiger partial charge in [-0.3, -0.25) is 10.1 Å². The molecule has 3 amide bonds. The van der Waals surface area contributed by atoms with Gasteiger partial charge in [0.2, 0.25) is 11.7 Å². The summed E-state index contributed by atoms with van der Waals surface area (Å²) in [6.07, 6.45) is 0. The van der Waals surface area contributed by atoms with E-state index in [1.165, 1.54) is 5.39 Å². The lowest BCUT2D eigenvalue weighted by molar-refractivity contribution is -0.123. The Labute approximate surface area is 178 Å². The number of carbonyl (C=O) groups is 2. The van der Waals surface area contributed by atoms with Gasteiger partial charge in [-0.15, -0.1) is 0 Å². The van der Waals surface area contributed by atoms with E-state index in [-0.39, 0.29) is 5.92 Å². The summed E-state index contributed by atoms with van der Waals surface area (Å²) < 4.78 is 5.57. The summed E-state index contributed by atoms with van der Waals surface area (Å²) in [4.78, 5) is 28.5. The fraction of sp³-hybridized carbons (Fsp3) is 0.167. The Morgan fingerprint density at radius 2 is 1.77 bits per heavy atom. The van der Waals surface area contributed by atoms with Crippen LogP contribution in [0, 0.1) is 0 Å². The van der Waals surface area contributed by atoms with Crippen molar-refractivity contribution in [3.8, 4) is 11.4 Å². The van der Waals surface area contributed by atoms with Crippen LogP contribution in [-0.4, -0.2) is 22.1 Å². The van der Waals surface area contributed by atoms with Crippen LogP contribution in [0.3, 0.4) is 0 Å².